The molecule has 2 aromatic heterocycles. The largest absolute Gasteiger partial charge is 0.353 e. The van der Waals surface area contributed by atoms with Crippen molar-refractivity contribution in [2.24, 2.45) is 11.0 Å². The molecule has 0 radical (unpaired) electrons. The number of rotatable bonds is 5. The van der Waals surface area contributed by atoms with Crippen molar-refractivity contribution in [1.29, 1.82) is 0 Å². The van der Waals surface area contributed by atoms with E-state index in [1.165, 1.54) is 31.4 Å². The van der Waals surface area contributed by atoms with Gasteiger partial charge in [-0.15, -0.1) is 0 Å². The number of aromatic amines is 1. The molecule has 1 aliphatic rings. The van der Waals surface area contributed by atoms with E-state index in [1.807, 2.05) is 30.5 Å². The molecular formula is C25H23N5O3. The van der Waals surface area contributed by atoms with Gasteiger partial charge in [0.2, 0.25) is 0 Å². The van der Waals surface area contributed by atoms with Gasteiger partial charge in [-0.1, -0.05) is 37.5 Å². The van der Waals surface area contributed by atoms with E-state index in [4.69, 9.17) is 0 Å². The molecule has 0 spiro atoms. The fourth-order valence-corrected chi connectivity index (χ4v) is 4.45. The van der Waals surface area contributed by atoms with Gasteiger partial charge in [-0.25, -0.2) is 10.4 Å². The third kappa shape index (κ3) is 4.19. The number of nitrogens with zero attached hydrogens (tertiary/aromatic N) is 3. The highest BCUT2D eigenvalue weighted by atomic mass is 16.6. The van der Waals surface area contributed by atoms with Gasteiger partial charge in [0, 0.05) is 40.2 Å². The predicted octanol–water partition coefficient (Wildman–Crippen LogP) is 5.59. The lowest BCUT2D eigenvalue weighted by Gasteiger charge is -2.16. The van der Waals surface area contributed by atoms with Crippen molar-refractivity contribution < 1.29 is 9.72 Å². The molecule has 166 valence electrons. The molecule has 4 aromatic rings. The van der Waals surface area contributed by atoms with Crippen LogP contribution in [0.25, 0.3) is 33.1 Å². The molecule has 0 aliphatic heterocycles. The first-order valence-corrected chi connectivity index (χ1v) is 11.1. The van der Waals surface area contributed by atoms with Crippen LogP contribution in [0.2, 0.25) is 0 Å². The summed E-state index contributed by atoms with van der Waals surface area (Å²) < 4.78 is 0. The SMILES string of the molecule is O=C(N/N=C/C1CCCCC1)c1cc2c([nH]c3ccccc32)c(-c2ccc([N+](=O)[O-])cc2)n1. The summed E-state index contributed by atoms with van der Waals surface area (Å²) in [6.45, 7) is 0. The van der Waals surface area contributed by atoms with Crippen molar-refractivity contribution in [1.82, 2.24) is 15.4 Å². The van der Waals surface area contributed by atoms with Crippen LogP contribution >= 0.6 is 0 Å². The number of nitro benzene ring substituents is 1. The number of aromatic nitrogens is 2. The lowest BCUT2D eigenvalue weighted by atomic mass is 9.90. The van der Waals surface area contributed by atoms with Crippen LogP contribution < -0.4 is 5.43 Å². The van der Waals surface area contributed by atoms with Crippen molar-refractivity contribution in [3.63, 3.8) is 0 Å². The van der Waals surface area contributed by atoms with Gasteiger partial charge >= 0.3 is 0 Å². The molecule has 33 heavy (non-hydrogen) atoms. The summed E-state index contributed by atoms with van der Waals surface area (Å²) >= 11 is 0. The Labute approximate surface area is 189 Å². The number of benzene rings is 2. The molecule has 1 saturated carbocycles. The van der Waals surface area contributed by atoms with Gasteiger partial charge < -0.3 is 4.98 Å². The highest BCUT2D eigenvalue weighted by Crippen LogP contribution is 2.33. The Hall–Kier alpha value is -4.07. The number of hydrazone groups is 1. The maximum atomic E-state index is 12.9. The molecular weight excluding hydrogens is 418 g/mol. The number of para-hydroxylation sites is 1. The number of nitrogens with one attached hydrogen (secondary N) is 2. The first-order valence-electron chi connectivity index (χ1n) is 11.1. The lowest BCUT2D eigenvalue weighted by molar-refractivity contribution is -0.384. The van der Waals surface area contributed by atoms with Crippen LogP contribution in [-0.2, 0) is 0 Å². The van der Waals surface area contributed by atoms with E-state index >= 15 is 0 Å². The quantitative estimate of drug-likeness (QED) is 0.239. The highest BCUT2D eigenvalue weighted by molar-refractivity contribution is 6.13. The van der Waals surface area contributed by atoms with E-state index in [0.29, 0.717) is 17.2 Å². The van der Waals surface area contributed by atoms with Crippen LogP contribution in [0.5, 0.6) is 0 Å². The fourth-order valence-electron chi connectivity index (χ4n) is 4.45. The van der Waals surface area contributed by atoms with Gasteiger partial charge in [-0.3, -0.25) is 14.9 Å². The number of pyridine rings is 1. The van der Waals surface area contributed by atoms with Crippen LogP contribution in [0.4, 0.5) is 5.69 Å². The third-order valence-corrected chi connectivity index (χ3v) is 6.18. The molecule has 1 aliphatic carbocycles. The summed E-state index contributed by atoms with van der Waals surface area (Å²) in [5, 5.41) is 17.1. The van der Waals surface area contributed by atoms with E-state index in [1.54, 1.807) is 18.2 Å². The Morgan fingerprint density at radius 3 is 2.61 bits per heavy atom. The Kier molecular flexibility index (Phi) is 5.56. The van der Waals surface area contributed by atoms with Crippen molar-refractivity contribution in [3.05, 3.63) is 70.4 Å². The van der Waals surface area contributed by atoms with E-state index in [-0.39, 0.29) is 11.4 Å². The summed E-state index contributed by atoms with van der Waals surface area (Å²) in [5.74, 6) is 0.0104. The lowest BCUT2D eigenvalue weighted by Crippen LogP contribution is -2.20. The standard InChI is InChI=1S/C25H23N5O3/c31-25(29-26-15-16-6-2-1-3-7-16)22-14-20-19-8-4-5-9-21(19)27-24(20)23(28-22)17-10-12-18(13-11-17)30(32)33/h4-5,8-16,27H,1-3,6-7H2,(H,29,31)/b26-15+. The van der Waals surface area contributed by atoms with Crippen LogP contribution in [0, 0.1) is 16.0 Å². The summed E-state index contributed by atoms with van der Waals surface area (Å²) in [5.41, 5.74) is 5.78. The average Bonchev–Trinajstić information content (AvgIpc) is 3.23. The minimum absolute atomic E-state index is 0.00223. The van der Waals surface area contributed by atoms with Gasteiger partial charge in [0.1, 0.15) is 5.69 Å². The molecule has 8 nitrogen and oxygen atoms in total. The monoisotopic (exact) mass is 441 g/mol. The van der Waals surface area contributed by atoms with Gasteiger partial charge in [0.05, 0.1) is 16.1 Å². The number of hydrogen-bond acceptors (Lipinski definition) is 5. The molecule has 2 aromatic carbocycles. The second kappa shape index (κ2) is 8.82. The second-order valence-electron chi connectivity index (χ2n) is 8.37. The number of amides is 1. The zero-order valence-electron chi connectivity index (χ0n) is 18.0. The maximum absolute atomic E-state index is 12.9. The number of hydrogen-bond donors (Lipinski definition) is 2. The molecule has 0 atom stereocenters. The topological polar surface area (TPSA) is 113 Å². The zero-order chi connectivity index (χ0) is 22.8. The molecule has 8 heteroatoms. The van der Waals surface area contributed by atoms with Crippen LogP contribution in [0.1, 0.15) is 42.6 Å². The molecule has 2 heterocycles. The van der Waals surface area contributed by atoms with Crippen molar-refractivity contribution in [3.8, 4) is 11.3 Å². The first kappa shape index (κ1) is 20.8. The molecule has 1 amide bonds. The Morgan fingerprint density at radius 2 is 1.85 bits per heavy atom. The number of carbonyl (C=O) groups excluding carboxylic acids is 1. The number of carbonyl (C=O) groups is 1. The summed E-state index contributed by atoms with van der Waals surface area (Å²) in [4.78, 5) is 31.5. The number of H-pyrrole nitrogens is 1. The molecule has 0 saturated heterocycles. The fraction of sp³-hybridized carbons (Fsp3) is 0.240. The number of fused-ring (bicyclic) bond motifs is 3. The van der Waals surface area contributed by atoms with Crippen LogP contribution in [-0.4, -0.2) is 27.0 Å². The van der Waals surface area contributed by atoms with E-state index in [2.05, 4.69) is 20.5 Å². The van der Waals surface area contributed by atoms with Gasteiger partial charge in [0.25, 0.3) is 11.6 Å². The van der Waals surface area contributed by atoms with Crippen LogP contribution in [0.3, 0.4) is 0 Å². The summed E-state index contributed by atoms with van der Waals surface area (Å²) in [6, 6.07) is 15.7. The van der Waals surface area contributed by atoms with Crippen molar-refractivity contribution >= 4 is 39.6 Å². The van der Waals surface area contributed by atoms with Gasteiger partial charge in [-0.05, 0) is 43.0 Å². The minimum atomic E-state index is -0.441. The number of non-ortho nitro benzene ring substituents is 1. The van der Waals surface area contributed by atoms with Crippen molar-refractivity contribution in [2.45, 2.75) is 32.1 Å². The maximum Gasteiger partial charge on any atom is 0.289 e. The van der Waals surface area contributed by atoms with E-state index in [9.17, 15) is 14.9 Å². The number of nitro groups is 1. The summed E-state index contributed by atoms with van der Waals surface area (Å²) in [6.07, 6.45) is 7.69. The minimum Gasteiger partial charge on any atom is -0.353 e. The first-order chi connectivity index (χ1) is 16.1. The Balaban J connectivity index is 1.54. The zero-order valence-corrected chi connectivity index (χ0v) is 18.0. The average molecular weight is 441 g/mol. The predicted molar refractivity (Wildman–Crippen MR) is 128 cm³/mol. The molecule has 0 unspecified atom stereocenters. The van der Waals surface area contributed by atoms with Gasteiger partial charge in [-0.2, -0.15) is 5.10 Å². The molecule has 2 N–H and O–H groups in total. The Morgan fingerprint density at radius 1 is 1.09 bits per heavy atom. The molecule has 5 rings (SSSR count). The van der Waals surface area contributed by atoms with E-state index in [0.717, 1.165) is 34.6 Å². The molecule has 0 bridgehead atoms. The second-order valence-corrected chi connectivity index (χ2v) is 8.37. The van der Waals surface area contributed by atoms with Crippen molar-refractivity contribution in [2.75, 3.05) is 0 Å². The van der Waals surface area contributed by atoms with Crippen LogP contribution in [0.15, 0.2) is 59.7 Å². The smallest absolute Gasteiger partial charge is 0.289 e. The third-order valence-electron chi connectivity index (χ3n) is 6.18. The summed E-state index contributed by atoms with van der Waals surface area (Å²) in [7, 11) is 0. The normalized spacial score (nSPS) is 14.8. The van der Waals surface area contributed by atoms with E-state index < -0.39 is 10.8 Å². The highest BCUT2D eigenvalue weighted by Gasteiger charge is 2.18. The molecule has 1 fully saturated rings. The van der Waals surface area contributed by atoms with Gasteiger partial charge in [0.15, 0.2) is 0 Å². The Bertz CT molecular complexity index is 1370.